The third-order valence-corrected chi connectivity index (χ3v) is 7.83. The Hall–Kier alpha value is -2.63. The second-order valence-electron chi connectivity index (χ2n) is 9.64. The first-order chi connectivity index (χ1) is 15.9. The third kappa shape index (κ3) is 5.31. The van der Waals surface area contributed by atoms with Crippen molar-refractivity contribution in [3.05, 3.63) is 89.5 Å². The highest BCUT2D eigenvalue weighted by Gasteiger charge is 2.39. The van der Waals surface area contributed by atoms with Gasteiger partial charge >= 0.3 is 0 Å². The Morgan fingerprint density at radius 1 is 0.848 bits per heavy atom. The van der Waals surface area contributed by atoms with Gasteiger partial charge in [-0.3, -0.25) is 4.90 Å². The summed E-state index contributed by atoms with van der Waals surface area (Å²) in [6, 6.07) is 25.0. The molecule has 0 aromatic heterocycles. The Morgan fingerprint density at radius 2 is 1.55 bits per heavy atom. The predicted molar refractivity (Wildman–Crippen MR) is 133 cm³/mol. The number of rotatable bonds is 5. The molecule has 5 heteroatoms. The van der Waals surface area contributed by atoms with Crippen molar-refractivity contribution in [3.63, 3.8) is 0 Å². The van der Waals surface area contributed by atoms with Gasteiger partial charge < -0.3 is 4.74 Å². The number of ether oxygens (including phenoxy) is 1. The summed E-state index contributed by atoms with van der Waals surface area (Å²) in [4.78, 5) is 2.54. The topological polar surface area (TPSA) is 46.6 Å². The molecule has 2 aliphatic heterocycles. The molecule has 5 rings (SSSR count). The molecule has 3 aromatic carbocycles. The molecule has 0 bridgehead atoms. The van der Waals surface area contributed by atoms with Crippen LogP contribution in [0.15, 0.2) is 72.8 Å². The Morgan fingerprint density at radius 3 is 2.24 bits per heavy atom. The maximum absolute atomic E-state index is 11.5. The monoisotopic (exact) mass is 461 g/mol. The zero-order valence-electron chi connectivity index (χ0n) is 19.2. The van der Waals surface area contributed by atoms with Crippen molar-refractivity contribution in [2.75, 3.05) is 19.3 Å². The number of hydrogen-bond acceptors (Lipinski definition) is 4. The minimum atomic E-state index is -3.02. The molecule has 0 aliphatic carbocycles. The van der Waals surface area contributed by atoms with Crippen LogP contribution < -0.4 is 4.74 Å². The lowest BCUT2D eigenvalue weighted by atomic mass is 9.82. The summed E-state index contributed by atoms with van der Waals surface area (Å²) in [6.07, 6.45) is 5.51. The molecule has 3 aromatic rings. The molecule has 0 N–H and O–H groups in total. The highest BCUT2D eigenvalue weighted by Crippen LogP contribution is 2.41. The number of benzene rings is 3. The molecule has 2 aliphatic rings. The Bertz CT molecular complexity index is 1210. The standard InChI is InChI=1S/C28H31NO3S/c1-33(30,31)21-23-7-9-24(10-8-23)25-11-12-27-26(19-25)13-14-28(32-27)15-17-29(18-16-28)20-22-5-3-2-4-6-22/h2-12,19H,13-18,20-21H2,1H3. The summed E-state index contributed by atoms with van der Waals surface area (Å²) in [5, 5.41) is 0. The number of piperidine rings is 1. The first-order valence-electron chi connectivity index (χ1n) is 11.7. The van der Waals surface area contributed by atoms with Crippen LogP contribution in [0.25, 0.3) is 11.1 Å². The summed E-state index contributed by atoms with van der Waals surface area (Å²) in [6.45, 7) is 3.16. The van der Waals surface area contributed by atoms with Crippen LogP contribution in [0.4, 0.5) is 0 Å². The van der Waals surface area contributed by atoms with Crippen molar-refractivity contribution < 1.29 is 13.2 Å². The van der Waals surface area contributed by atoms with Gasteiger partial charge in [-0.15, -0.1) is 0 Å². The van der Waals surface area contributed by atoms with E-state index in [9.17, 15) is 8.42 Å². The van der Waals surface area contributed by atoms with E-state index in [4.69, 9.17) is 4.74 Å². The van der Waals surface area contributed by atoms with Gasteiger partial charge in [-0.05, 0) is 65.6 Å². The van der Waals surface area contributed by atoms with Crippen LogP contribution in [-0.2, 0) is 28.6 Å². The van der Waals surface area contributed by atoms with Crippen LogP contribution in [0, 0.1) is 0 Å². The van der Waals surface area contributed by atoms with Crippen LogP contribution in [-0.4, -0.2) is 38.3 Å². The summed E-state index contributed by atoms with van der Waals surface area (Å²) in [7, 11) is -3.02. The maximum Gasteiger partial charge on any atom is 0.151 e. The van der Waals surface area contributed by atoms with Gasteiger partial charge in [-0.1, -0.05) is 60.7 Å². The molecule has 0 radical (unpaired) electrons. The molecular formula is C28H31NO3S. The van der Waals surface area contributed by atoms with E-state index >= 15 is 0 Å². The van der Waals surface area contributed by atoms with Gasteiger partial charge in [0.2, 0.25) is 0 Å². The van der Waals surface area contributed by atoms with Gasteiger partial charge in [0.15, 0.2) is 9.84 Å². The normalized spacial score (nSPS) is 18.0. The predicted octanol–water partition coefficient (Wildman–Crippen LogP) is 5.26. The number of likely N-dealkylation sites (tertiary alicyclic amines) is 1. The quantitative estimate of drug-likeness (QED) is 0.520. The van der Waals surface area contributed by atoms with Gasteiger partial charge in [0.25, 0.3) is 0 Å². The van der Waals surface area contributed by atoms with Crippen molar-refractivity contribution in [2.45, 2.75) is 43.6 Å². The minimum Gasteiger partial charge on any atom is -0.487 e. The Kier molecular flexibility index (Phi) is 6.02. The molecule has 0 amide bonds. The smallest absolute Gasteiger partial charge is 0.151 e. The number of nitrogens with zero attached hydrogens (tertiary/aromatic N) is 1. The van der Waals surface area contributed by atoms with Crippen LogP contribution in [0.1, 0.15) is 36.0 Å². The van der Waals surface area contributed by atoms with Crippen molar-refractivity contribution in [2.24, 2.45) is 0 Å². The highest BCUT2D eigenvalue weighted by molar-refractivity contribution is 7.89. The second kappa shape index (κ2) is 8.96. The molecule has 4 nitrogen and oxygen atoms in total. The molecule has 0 atom stereocenters. The fourth-order valence-corrected chi connectivity index (χ4v) is 5.91. The van der Waals surface area contributed by atoms with E-state index in [1.807, 2.05) is 24.3 Å². The number of aryl methyl sites for hydroxylation is 1. The van der Waals surface area contributed by atoms with Crippen molar-refractivity contribution >= 4 is 9.84 Å². The van der Waals surface area contributed by atoms with Crippen LogP contribution in [0.5, 0.6) is 5.75 Å². The summed E-state index contributed by atoms with van der Waals surface area (Å²) >= 11 is 0. The average molecular weight is 462 g/mol. The van der Waals surface area contributed by atoms with E-state index < -0.39 is 9.84 Å². The fraction of sp³-hybridized carbons (Fsp3) is 0.357. The van der Waals surface area contributed by atoms with Gasteiger partial charge in [-0.2, -0.15) is 0 Å². The second-order valence-corrected chi connectivity index (χ2v) is 11.8. The zero-order chi connectivity index (χ0) is 22.9. The molecule has 2 heterocycles. The van der Waals surface area contributed by atoms with Gasteiger partial charge in [0, 0.05) is 25.9 Å². The first-order valence-corrected chi connectivity index (χ1v) is 13.8. The molecule has 1 saturated heterocycles. The van der Waals surface area contributed by atoms with E-state index in [0.29, 0.717) is 0 Å². The number of hydrogen-bond donors (Lipinski definition) is 0. The van der Waals surface area contributed by atoms with Crippen molar-refractivity contribution in [3.8, 4) is 16.9 Å². The fourth-order valence-electron chi connectivity index (χ4n) is 5.11. The van der Waals surface area contributed by atoms with E-state index in [0.717, 1.165) is 67.8 Å². The molecule has 0 saturated carbocycles. The Labute approximate surface area is 197 Å². The number of fused-ring (bicyclic) bond motifs is 1. The molecule has 0 unspecified atom stereocenters. The van der Waals surface area contributed by atoms with Crippen LogP contribution >= 0.6 is 0 Å². The molecular weight excluding hydrogens is 430 g/mol. The first kappa shape index (κ1) is 22.2. The lowest BCUT2D eigenvalue weighted by Crippen LogP contribution is -2.49. The SMILES string of the molecule is CS(=O)(=O)Cc1ccc(-c2ccc3c(c2)CCC2(CCN(Cc4ccccc4)CC2)O3)cc1. The summed E-state index contributed by atoms with van der Waals surface area (Å²) in [5.41, 5.74) is 5.68. The van der Waals surface area contributed by atoms with E-state index in [1.165, 1.54) is 17.4 Å². The molecule has 33 heavy (non-hydrogen) atoms. The highest BCUT2D eigenvalue weighted by atomic mass is 32.2. The third-order valence-electron chi connectivity index (χ3n) is 6.97. The zero-order valence-corrected chi connectivity index (χ0v) is 20.0. The number of sulfone groups is 1. The summed E-state index contributed by atoms with van der Waals surface area (Å²) in [5.74, 6) is 1.10. The average Bonchev–Trinajstić information content (AvgIpc) is 2.81. The maximum atomic E-state index is 11.5. The van der Waals surface area contributed by atoms with E-state index in [2.05, 4.69) is 53.4 Å². The lowest BCUT2D eigenvalue weighted by molar-refractivity contribution is -0.0163. The van der Waals surface area contributed by atoms with Crippen LogP contribution in [0.2, 0.25) is 0 Å². The summed E-state index contributed by atoms with van der Waals surface area (Å²) < 4.78 is 29.7. The van der Waals surface area contributed by atoms with Gasteiger partial charge in [0.1, 0.15) is 11.4 Å². The van der Waals surface area contributed by atoms with E-state index in [-0.39, 0.29) is 11.4 Å². The Balaban J connectivity index is 1.24. The van der Waals surface area contributed by atoms with Crippen molar-refractivity contribution in [1.29, 1.82) is 0 Å². The van der Waals surface area contributed by atoms with Gasteiger partial charge in [-0.25, -0.2) is 8.42 Å². The van der Waals surface area contributed by atoms with Crippen molar-refractivity contribution in [1.82, 2.24) is 4.90 Å². The van der Waals surface area contributed by atoms with Gasteiger partial charge in [0.05, 0.1) is 5.75 Å². The molecule has 172 valence electrons. The largest absolute Gasteiger partial charge is 0.487 e. The molecule has 1 fully saturated rings. The minimum absolute atomic E-state index is 0.0327. The molecule has 1 spiro atoms. The lowest BCUT2D eigenvalue weighted by Gasteiger charge is -2.44. The van der Waals surface area contributed by atoms with Crippen LogP contribution in [0.3, 0.4) is 0 Å². The van der Waals surface area contributed by atoms with E-state index in [1.54, 1.807) is 0 Å².